The zero-order valence-corrected chi connectivity index (χ0v) is 19.0. The topological polar surface area (TPSA) is 77.3 Å². The van der Waals surface area contributed by atoms with Crippen molar-refractivity contribution in [2.45, 2.75) is 52.6 Å². The number of hydrogen-bond acceptors (Lipinski definition) is 5. The van der Waals surface area contributed by atoms with E-state index in [4.69, 9.17) is 14.7 Å². The maximum Gasteiger partial charge on any atom is 0.310 e. The first kappa shape index (κ1) is 22.0. The van der Waals surface area contributed by atoms with Crippen molar-refractivity contribution in [3.05, 3.63) is 59.0 Å². The van der Waals surface area contributed by atoms with Crippen LogP contribution < -0.4 is 0 Å². The summed E-state index contributed by atoms with van der Waals surface area (Å²) >= 11 is 0. The number of aryl methyl sites for hydroxylation is 3. The number of esters is 1. The Labute approximate surface area is 188 Å². The Morgan fingerprint density at radius 2 is 1.94 bits per heavy atom. The molecule has 0 radical (unpaired) electrons. The number of benzene rings is 1. The van der Waals surface area contributed by atoms with Gasteiger partial charge in [-0.1, -0.05) is 43.7 Å². The summed E-state index contributed by atoms with van der Waals surface area (Å²) in [6.45, 7) is 5.23. The molecule has 3 heterocycles. The van der Waals surface area contributed by atoms with E-state index in [1.807, 2.05) is 43.3 Å². The number of carbonyl (C=O) groups is 2. The molecule has 0 saturated carbocycles. The molecule has 0 aliphatic carbocycles. The summed E-state index contributed by atoms with van der Waals surface area (Å²) in [5.41, 5.74) is 3.77. The summed E-state index contributed by atoms with van der Waals surface area (Å²) < 4.78 is 7.07. The van der Waals surface area contributed by atoms with Gasteiger partial charge in [-0.3, -0.25) is 9.59 Å². The average molecular weight is 435 g/mol. The second-order valence-electron chi connectivity index (χ2n) is 8.57. The van der Waals surface area contributed by atoms with Crippen molar-refractivity contribution in [1.82, 2.24) is 19.4 Å². The van der Waals surface area contributed by atoms with Crippen LogP contribution in [0.3, 0.4) is 0 Å². The van der Waals surface area contributed by atoms with E-state index in [9.17, 15) is 9.59 Å². The standard InChI is InChI=1S/C25H30N4O3/c1-17(25(31)32-3)15-28(16-19-10-6-4-7-11-19)24(30)20-14-18(2)26-23-22(20)27-21-12-8-5-9-13-29(21)23/h4,6-7,10-11,14,17H,5,8-9,12-13,15-16H2,1-3H3. The van der Waals surface area contributed by atoms with Gasteiger partial charge in [0.25, 0.3) is 5.91 Å². The number of ether oxygens (including phenoxy) is 1. The van der Waals surface area contributed by atoms with Gasteiger partial charge in [-0.25, -0.2) is 9.97 Å². The van der Waals surface area contributed by atoms with Gasteiger partial charge in [-0.15, -0.1) is 0 Å². The Hall–Kier alpha value is -3.22. The first-order valence-corrected chi connectivity index (χ1v) is 11.3. The van der Waals surface area contributed by atoms with Crippen LogP contribution in [0.2, 0.25) is 0 Å². The normalized spacial score (nSPS) is 14.5. The van der Waals surface area contributed by atoms with E-state index in [0.717, 1.165) is 48.5 Å². The molecule has 7 heteroatoms. The molecule has 4 rings (SSSR count). The van der Waals surface area contributed by atoms with E-state index in [2.05, 4.69) is 4.57 Å². The number of pyridine rings is 1. The first-order valence-electron chi connectivity index (χ1n) is 11.3. The molecule has 1 atom stereocenters. The van der Waals surface area contributed by atoms with Gasteiger partial charge in [0.2, 0.25) is 0 Å². The second-order valence-corrected chi connectivity index (χ2v) is 8.57. The van der Waals surface area contributed by atoms with Crippen LogP contribution in [0.25, 0.3) is 11.2 Å². The third-order valence-corrected chi connectivity index (χ3v) is 6.02. The van der Waals surface area contributed by atoms with Crippen LogP contribution >= 0.6 is 0 Å². The Morgan fingerprint density at radius 3 is 2.69 bits per heavy atom. The lowest BCUT2D eigenvalue weighted by Crippen LogP contribution is -2.37. The van der Waals surface area contributed by atoms with Crippen LogP contribution in [0.15, 0.2) is 36.4 Å². The number of hydrogen-bond donors (Lipinski definition) is 0. The van der Waals surface area contributed by atoms with Crippen LogP contribution in [-0.4, -0.2) is 45.0 Å². The Bertz CT molecular complexity index is 1120. The highest BCUT2D eigenvalue weighted by Gasteiger charge is 2.27. The largest absolute Gasteiger partial charge is 0.469 e. The number of methoxy groups -OCH3 is 1. The molecule has 1 aromatic carbocycles. The van der Waals surface area contributed by atoms with Gasteiger partial charge in [-0.2, -0.15) is 0 Å². The quantitative estimate of drug-likeness (QED) is 0.550. The molecule has 1 unspecified atom stereocenters. The Balaban J connectivity index is 1.74. The van der Waals surface area contributed by atoms with Crippen LogP contribution in [0.1, 0.15) is 53.6 Å². The predicted molar refractivity (Wildman–Crippen MR) is 122 cm³/mol. The minimum Gasteiger partial charge on any atom is -0.469 e. The number of aromatic nitrogens is 3. The molecule has 0 bridgehead atoms. The molecule has 1 aliphatic heterocycles. The fourth-order valence-corrected chi connectivity index (χ4v) is 4.38. The molecule has 0 fully saturated rings. The van der Waals surface area contributed by atoms with E-state index in [1.54, 1.807) is 11.8 Å². The number of amides is 1. The molecule has 1 aliphatic rings. The molecule has 168 valence electrons. The van der Waals surface area contributed by atoms with Gasteiger partial charge in [-0.05, 0) is 31.4 Å². The molecule has 1 amide bonds. The zero-order chi connectivity index (χ0) is 22.7. The SMILES string of the molecule is COC(=O)C(C)CN(Cc1ccccc1)C(=O)c1cc(C)nc2c1nc1n2CCCCC1. The minimum atomic E-state index is -0.440. The van der Waals surface area contributed by atoms with E-state index < -0.39 is 5.92 Å². The van der Waals surface area contributed by atoms with Crippen molar-refractivity contribution in [3.63, 3.8) is 0 Å². The van der Waals surface area contributed by atoms with Crippen LogP contribution in [0.5, 0.6) is 0 Å². The van der Waals surface area contributed by atoms with Gasteiger partial charge in [0.1, 0.15) is 11.3 Å². The van der Waals surface area contributed by atoms with E-state index in [0.29, 0.717) is 17.6 Å². The summed E-state index contributed by atoms with van der Waals surface area (Å²) in [6.07, 6.45) is 4.27. The lowest BCUT2D eigenvalue weighted by molar-refractivity contribution is -0.145. The van der Waals surface area contributed by atoms with Crippen molar-refractivity contribution >= 4 is 23.0 Å². The van der Waals surface area contributed by atoms with Gasteiger partial charge >= 0.3 is 5.97 Å². The number of nitrogens with zero attached hydrogens (tertiary/aromatic N) is 4. The zero-order valence-electron chi connectivity index (χ0n) is 19.0. The average Bonchev–Trinajstić information content (AvgIpc) is 2.98. The summed E-state index contributed by atoms with van der Waals surface area (Å²) in [7, 11) is 1.37. The highest BCUT2D eigenvalue weighted by atomic mass is 16.5. The highest BCUT2D eigenvalue weighted by Crippen LogP contribution is 2.25. The second kappa shape index (κ2) is 9.51. The third-order valence-electron chi connectivity index (χ3n) is 6.02. The molecule has 3 aromatic rings. The van der Waals surface area contributed by atoms with Crippen molar-refractivity contribution in [2.24, 2.45) is 5.92 Å². The summed E-state index contributed by atoms with van der Waals surface area (Å²) in [6, 6.07) is 11.6. The fourth-order valence-electron chi connectivity index (χ4n) is 4.38. The molecule has 0 saturated heterocycles. The molecule has 0 N–H and O–H groups in total. The smallest absolute Gasteiger partial charge is 0.310 e. The van der Waals surface area contributed by atoms with Crippen LogP contribution in [0.4, 0.5) is 0 Å². The number of rotatable bonds is 6. The lowest BCUT2D eigenvalue weighted by Gasteiger charge is -2.25. The Morgan fingerprint density at radius 1 is 1.16 bits per heavy atom. The van der Waals surface area contributed by atoms with Crippen molar-refractivity contribution < 1.29 is 14.3 Å². The summed E-state index contributed by atoms with van der Waals surface area (Å²) in [5.74, 6) is 0.0842. The Kier molecular flexibility index (Phi) is 6.53. The summed E-state index contributed by atoms with van der Waals surface area (Å²) in [4.78, 5) is 37.3. The maximum atomic E-state index is 13.8. The van der Waals surface area contributed by atoms with E-state index >= 15 is 0 Å². The number of imidazole rings is 1. The van der Waals surface area contributed by atoms with E-state index in [1.165, 1.54) is 13.5 Å². The van der Waals surface area contributed by atoms with Gasteiger partial charge in [0.05, 0.1) is 18.6 Å². The summed E-state index contributed by atoms with van der Waals surface area (Å²) in [5, 5.41) is 0. The fraction of sp³-hybridized carbons (Fsp3) is 0.440. The molecule has 7 nitrogen and oxygen atoms in total. The molecule has 2 aromatic heterocycles. The van der Waals surface area contributed by atoms with Gasteiger partial charge in [0.15, 0.2) is 5.65 Å². The van der Waals surface area contributed by atoms with Crippen molar-refractivity contribution in [2.75, 3.05) is 13.7 Å². The van der Waals surface area contributed by atoms with Crippen LogP contribution in [0, 0.1) is 12.8 Å². The highest BCUT2D eigenvalue weighted by molar-refractivity contribution is 6.04. The predicted octanol–water partition coefficient (Wildman–Crippen LogP) is 3.92. The van der Waals surface area contributed by atoms with Crippen LogP contribution in [-0.2, 0) is 29.0 Å². The molecule has 0 spiro atoms. The third kappa shape index (κ3) is 4.52. The van der Waals surface area contributed by atoms with Crippen molar-refractivity contribution in [1.29, 1.82) is 0 Å². The number of fused-ring (bicyclic) bond motifs is 3. The first-order chi connectivity index (χ1) is 15.5. The monoisotopic (exact) mass is 434 g/mol. The molecular formula is C25H30N4O3. The molecule has 32 heavy (non-hydrogen) atoms. The molecular weight excluding hydrogens is 404 g/mol. The number of carbonyl (C=O) groups excluding carboxylic acids is 2. The van der Waals surface area contributed by atoms with E-state index in [-0.39, 0.29) is 18.4 Å². The van der Waals surface area contributed by atoms with Gasteiger partial charge in [0, 0.05) is 31.7 Å². The maximum absolute atomic E-state index is 13.8. The van der Waals surface area contributed by atoms with Gasteiger partial charge < -0.3 is 14.2 Å². The minimum absolute atomic E-state index is 0.145. The lowest BCUT2D eigenvalue weighted by atomic mass is 10.1. The van der Waals surface area contributed by atoms with Crippen molar-refractivity contribution in [3.8, 4) is 0 Å².